The van der Waals surface area contributed by atoms with E-state index in [1.165, 1.54) is 0 Å². The fourth-order valence-corrected chi connectivity index (χ4v) is 9.33. The Morgan fingerprint density at radius 1 is 0.912 bits per heavy atom. The molecule has 0 aliphatic heterocycles. The highest BCUT2D eigenvalue weighted by molar-refractivity contribution is 5.92. The summed E-state index contributed by atoms with van der Waals surface area (Å²) in [6.45, 7) is 6.69. The van der Waals surface area contributed by atoms with Crippen molar-refractivity contribution in [2.45, 2.75) is 103 Å². The number of aliphatic hydroxyl groups excluding tert-OH is 3. The first-order chi connectivity index (χ1) is 15.9. The Balaban J connectivity index is 1.49. The number of hydrogen-bond donors (Lipinski definition) is 5. The topological polar surface area (TPSA) is 135 Å². The van der Waals surface area contributed by atoms with E-state index in [1.807, 2.05) is 0 Å². The van der Waals surface area contributed by atoms with Gasteiger partial charge in [0.25, 0.3) is 0 Å². The second kappa shape index (κ2) is 9.36. The van der Waals surface area contributed by atoms with Crippen LogP contribution in [0, 0.1) is 52.3 Å². The van der Waals surface area contributed by atoms with Crippen molar-refractivity contribution in [1.82, 2.24) is 0 Å². The Bertz CT molecular complexity index is 771. The van der Waals surface area contributed by atoms with Crippen LogP contribution >= 0.6 is 0 Å². The van der Waals surface area contributed by atoms with Gasteiger partial charge in [-0.05, 0) is 97.7 Å². The van der Waals surface area contributed by atoms with Crippen LogP contribution in [0.3, 0.4) is 0 Å². The molecule has 5 N–H and O–H groups in total. The molecule has 194 valence electrons. The number of rotatable bonds is 7. The third-order valence-corrected chi connectivity index (χ3v) is 11.3. The molecule has 4 saturated carbocycles. The van der Waals surface area contributed by atoms with E-state index in [0.717, 1.165) is 44.9 Å². The summed E-state index contributed by atoms with van der Waals surface area (Å²) in [5.41, 5.74) is -0.240. The molecule has 0 amide bonds. The Labute approximate surface area is 202 Å². The van der Waals surface area contributed by atoms with Crippen LogP contribution in [0.15, 0.2) is 0 Å². The standard InChI is InChI=1S/C27H44O7/c1-14(5-4-6-17(24(31)32)25(33)34)18-7-8-19-23-20(13-22(30)27(18,19)3)26(2)10-9-16(28)11-15(26)12-21(23)29/h14-23,28-30H,4-13H2,1-3H3,(H,31,32)(H,33,34)/t14-,15+,16-,18-,19+,20+,21-,22+,23+,26+,27-/m1/s1. The number of carbonyl (C=O) groups is 2. The number of carboxylic acids is 2. The molecule has 0 aromatic rings. The summed E-state index contributed by atoms with van der Waals surface area (Å²) in [6, 6.07) is 0. The number of hydrogen-bond acceptors (Lipinski definition) is 5. The van der Waals surface area contributed by atoms with Crippen LogP contribution in [0.4, 0.5) is 0 Å². The molecule has 7 heteroatoms. The zero-order valence-corrected chi connectivity index (χ0v) is 20.9. The lowest BCUT2D eigenvalue weighted by Gasteiger charge is -2.63. The van der Waals surface area contributed by atoms with Gasteiger partial charge in [0.05, 0.1) is 18.3 Å². The molecule has 4 fully saturated rings. The lowest BCUT2D eigenvalue weighted by Crippen LogP contribution is -2.62. The predicted octanol–water partition coefficient (Wildman–Crippen LogP) is 3.54. The van der Waals surface area contributed by atoms with Crippen LogP contribution in [-0.2, 0) is 9.59 Å². The zero-order valence-electron chi connectivity index (χ0n) is 20.9. The van der Waals surface area contributed by atoms with Crippen molar-refractivity contribution in [2.75, 3.05) is 0 Å². The third kappa shape index (κ3) is 4.09. The summed E-state index contributed by atoms with van der Waals surface area (Å²) < 4.78 is 0. The van der Waals surface area contributed by atoms with E-state index in [9.17, 15) is 24.9 Å². The lowest BCUT2D eigenvalue weighted by atomic mass is 9.43. The van der Waals surface area contributed by atoms with Crippen LogP contribution in [0.1, 0.15) is 85.0 Å². The fourth-order valence-electron chi connectivity index (χ4n) is 9.33. The highest BCUT2D eigenvalue weighted by Gasteiger charge is 2.65. The molecule has 4 aliphatic carbocycles. The number of fused-ring (bicyclic) bond motifs is 5. The Morgan fingerprint density at radius 2 is 1.59 bits per heavy atom. The zero-order chi connectivity index (χ0) is 25.0. The second-order valence-corrected chi connectivity index (χ2v) is 12.7. The van der Waals surface area contributed by atoms with Crippen LogP contribution in [-0.4, -0.2) is 55.8 Å². The maximum Gasteiger partial charge on any atom is 0.317 e. The maximum atomic E-state index is 11.6. The van der Waals surface area contributed by atoms with E-state index >= 15 is 0 Å². The van der Waals surface area contributed by atoms with Gasteiger partial charge in [0.15, 0.2) is 5.92 Å². The minimum Gasteiger partial charge on any atom is -0.481 e. The first kappa shape index (κ1) is 25.9. The Hall–Kier alpha value is -1.18. The largest absolute Gasteiger partial charge is 0.481 e. The first-order valence-corrected chi connectivity index (χ1v) is 13.4. The van der Waals surface area contributed by atoms with Crippen LogP contribution < -0.4 is 0 Å². The van der Waals surface area contributed by atoms with E-state index in [-0.39, 0.29) is 52.9 Å². The normalized spacial score (nSPS) is 46.9. The molecule has 7 nitrogen and oxygen atoms in total. The van der Waals surface area contributed by atoms with E-state index in [4.69, 9.17) is 10.2 Å². The van der Waals surface area contributed by atoms with Gasteiger partial charge >= 0.3 is 11.9 Å². The molecule has 34 heavy (non-hydrogen) atoms. The Kier molecular flexibility index (Phi) is 7.13. The lowest BCUT2D eigenvalue weighted by molar-refractivity contribution is -0.207. The van der Waals surface area contributed by atoms with Gasteiger partial charge in [-0.25, -0.2) is 0 Å². The summed E-state index contributed by atoms with van der Waals surface area (Å²) in [6.07, 6.45) is 6.19. The molecule has 0 bridgehead atoms. The van der Waals surface area contributed by atoms with Gasteiger partial charge in [0, 0.05) is 0 Å². The molecule has 0 heterocycles. The van der Waals surface area contributed by atoms with Crippen molar-refractivity contribution in [3.63, 3.8) is 0 Å². The molecule has 0 saturated heterocycles. The van der Waals surface area contributed by atoms with E-state index in [0.29, 0.717) is 18.8 Å². The summed E-state index contributed by atoms with van der Waals surface area (Å²) in [5, 5.41) is 51.5. The molecule has 0 aromatic heterocycles. The first-order valence-electron chi connectivity index (χ1n) is 13.4. The van der Waals surface area contributed by atoms with Crippen molar-refractivity contribution >= 4 is 11.9 Å². The average molecular weight is 481 g/mol. The molecule has 4 aliphatic rings. The quantitative estimate of drug-likeness (QED) is 0.352. The summed E-state index contributed by atoms with van der Waals surface area (Å²) >= 11 is 0. The summed E-state index contributed by atoms with van der Waals surface area (Å²) in [7, 11) is 0. The molecule has 0 aromatic carbocycles. The van der Waals surface area contributed by atoms with Crippen LogP contribution in [0.5, 0.6) is 0 Å². The molecular formula is C27H44O7. The second-order valence-electron chi connectivity index (χ2n) is 12.7. The van der Waals surface area contributed by atoms with Crippen molar-refractivity contribution in [1.29, 1.82) is 0 Å². The highest BCUT2D eigenvalue weighted by atomic mass is 16.4. The van der Waals surface area contributed by atoms with Crippen molar-refractivity contribution < 1.29 is 35.1 Å². The van der Waals surface area contributed by atoms with Gasteiger partial charge in [0.2, 0.25) is 0 Å². The van der Waals surface area contributed by atoms with E-state index in [2.05, 4.69) is 20.8 Å². The van der Waals surface area contributed by atoms with Gasteiger partial charge in [-0.15, -0.1) is 0 Å². The Morgan fingerprint density at radius 3 is 2.24 bits per heavy atom. The van der Waals surface area contributed by atoms with Crippen LogP contribution in [0.2, 0.25) is 0 Å². The average Bonchev–Trinajstić information content (AvgIpc) is 3.11. The van der Waals surface area contributed by atoms with Gasteiger partial charge in [-0.3, -0.25) is 9.59 Å². The molecule has 0 spiro atoms. The van der Waals surface area contributed by atoms with Gasteiger partial charge < -0.3 is 25.5 Å². The van der Waals surface area contributed by atoms with E-state index < -0.39 is 30.1 Å². The molecule has 0 unspecified atom stereocenters. The minimum atomic E-state index is -1.36. The van der Waals surface area contributed by atoms with Gasteiger partial charge in [-0.1, -0.05) is 33.6 Å². The van der Waals surface area contributed by atoms with Crippen molar-refractivity contribution in [3.8, 4) is 0 Å². The monoisotopic (exact) mass is 480 g/mol. The molecular weight excluding hydrogens is 436 g/mol. The van der Waals surface area contributed by atoms with Crippen LogP contribution in [0.25, 0.3) is 0 Å². The molecule has 11 atom stereocenters. The highest BCUT2D eigenvalue weighted by Crippen LogP contribution is 2.68. The summed E-state index contributed by atoms with van der Waals surface area (Å²) in [5.74, 6) is -2.42. The minimum absolute atomic E-state index is 0.0534. The predicted molar refractivity (Wildman–Crippen MR) is 126 cm³/mol. The number of carboxylic acid groups (broad SMARTS) is 2. The van der Waals surface area contributed by atoms with E-state index in [1.54, 1.807) is 0 Å². The number of aliphatic carboxylic acids is 2. The SMILES string of the molecule is C[C@H](CCCC(C(=O)O)C(=O)O)[C@H]1CC[C@H]2[C@@H]3[C@H](O)C[C@@H]4C[C@H](O)CC[C@]4(C)[C@H]3C[C@H](O)[C@]12C. The number of aliphatic hydroxyl groups is 3. The maximum absolute atomic E-state index is 11.6. The van der Waals surface area contributed by atoms with Gasteiger partial charge in [-0.2, -0.15) is 0 Å². The third-order valence-electron chi connectivity index (χ3n) is 11.3. The summed E-state index contributed by atoms with van der Waals surface area (Å²) in [4.78, 5) is 22.4. The van der Waals surface area contributed by atoms with Gasteiger partial charge in [0.1, 0.15) is 0 Å². The smallest absolute Gasteiger partial charge is 0.317 e. The fraction of sp³-hybridized carbons (Fsp3) is 0.926. The van der Waals surface area contributed by atoms with Crippen molar-refractivity contribution in [3.05, 3.63) is 0 Å². The molecule has 0 radical (unpaired) electrons. The van der Waals surface area contributed by atoms with Crippen molar-refractivity contribution in [2.24, 2.45) is 52.3 Å². The molecule has 4 rings (SSSR count).